The first-order valence-corrected chi connectivity index (χ1v) is 6.43. The van der Waals surface area contributed by atoms with Gasteiger partial charge in [-0.1, -0.05) is 6.92 Å². The van der Waals surface area contributed by atoms with Crippen LogP contribution >= 0.6 is 0 Å². The first-order valence-electron chi connectivity index (χ1n) is 6.43. The smallest absolute Gasteiger partial charge is 0.133 e. The summed E-state index contributed by atoms with van der Waals surface area (Å²) in [5, 5.41) is 0. The zero-order valence-corrected chi connectivity index (χ0v) is 10.6. The average Bonchev–Trinajstić information content (AvgIpc) is 2.72. The summed E-state index contributed by atoms with van der Waals surface area (Å²) < 4.78 is 2.13. The molecule has 2 heterocycles. The Hall–Kier alpha value is -1.71. The van der Waals surface area contributed by atoms with E-state index in [0.29, 0.717) is 12.2 Å². The highest BCUT2D eigenvalue weighted by atomic mass is 16.1. The molecule has 2 aromatic rings. The van der Waals surface area contributed by atoms with Gasteiger partial charge in [-0.05, 0) is 24.3 Å². The molecule has 18 heavy (non-hydrogen) atoms. The lowest BCUT2D eigenvalue weighted by molar-refractivity contribution is -0.123. The quantitative estimate of drug-likeness (QED) is 0.814. The fraction of sp³-hybridized carbons (Fsp3) is 0.500. The molecule has 0 N–H and O–H groups in total. The zero-order chi connectivity index (χ0) is 12.6. The highest BCUT2D eigenvalue weighted by Crippen LogP contribution is 2.36. The summed E-state index contributed by atoms with van der Waals surface area (Å²) in [6, 6.07) is 1.92. The second-order valence-electron chi connectivity index (χ2n) is 5.62. The minimum Gasteiger partial charge on any atom is -0.329 e. The number of ketones is 1. The maximum Gasteiger partial charge on any atom is 0.133 e. The van der Waals surface area contributed by atoms with Gasteiger partial charge in [-0.3, -0.25) is 9.78 Å². The van der Waals surface area contributed by atoms with Crippen LogP contribution in [0.4, 0.5) is 0 Å². The summed E-state index contributed by atoms with van der Waals surface area (Å²) in [5.41, 5.74) is 2.09. The molecule has 1 saturated carbocycles. The van der Waals surface area contributed by atoms with Crippen LogP contribution in [0.2, 0.25) is 0 Å². The fourth-order valence-corrected chi connectivity index (χ4v) is 2.94. The molecule has 3 rings (SSSR count). The molecule has 0 bridgehead atoms. The summed E-state index contributed by atoms with van der Waals surface area (Å²) in [5.74, 6) is 0.395. The van der Waals surface area contributed by atoms with Gasteiger partial charge >= 0.3 is 0 Å². The molecule has 1 unspecified atom stereocenters. The van der Waals surface area contributed by atoms with Crippen LogP contribution < -0.4 is 0 Å². The second kappa shape index (κ2) is 4.19. The first-order chi connectivity index (χ1) is 8.66. The number of carbonyl (C=O) groups excluding carboxylic acids is 1. The number of Topliss-reactive ketones (excluding diaryl/α,β-unsaturated/α-hetero) is 1. The molecular formula is C14H17N3O. The van der Waals surface area contributed by atoms with Crippen molar-refractivity contribution in [3.05, 3.63) is 24.8 Å². The van der Waals surface area contributed by atoms with Crippen LogP contribution in [0.25, 0.3) is 11.0 Å². The Labute approximate surface area is 106 Å². The molecular weight excluding hydrogens is 226 g/mol. The van der Waals surface area contributed by atoms with Crippen molar-refractivity contribution >= 4 is 16.8 Å². The second-order valence-corrected chi connectivity index (χ2v) is 5.62. The van der Waals surface area contributed by atoms with Crippen LogP contribution in [0.15, 0.2) is 24.8 Å². The van der Waals surface area contributed by atoms with Crippen molar-refractivity contribution in [2.45, 2.75) is 39.2 Å². The lowest BCUT2D eigenvalue weighted by Gasteiger charge is -2.33. The van der Waals surface area contributed by atoms with Gasteiger partial charge in [0.15, 0.2) is 0 Å². The van der Waals surface area contributed by atoms with E-state index in [1.165, 1.54) is 0 Å². The van der Waals surface area contributed by atoms with Crippen LogP contribution in [-0.4, -0.2) is 20.3 Å². The van der Waals surface area contributed by atoms with E-state index in [9.17, 15) is 4.79 Å². The number of rotatable bonds is 2. The number of fused-ring (bicyclic) bond motifs is 1. The van der Waals surface area contributed by atoms with Crippen molar-refractivity contribution in [3.63, 3.8) is 0 Å². The van der Waals surface area contributed by atoms with Gasteiger partial charge in [-0.15, -0.1) is 0 Å². The Balaban J connectivity index is 1.89. The van der Waals surface area contributed by atoms with E-state index in [2.05, 4.69) is 21.5 Å². The van der Waals surface area contributed by atoms with E-state index in [1.807, 2.05) is 18.6 Å². The molecule has 0 aliphatic heterocycles. The Morgan fingerprint density at radius 3 is 3.22 bits per heavy atom. The van der Waals surface area contributed by atoms with Crippen molar-refractivity contribution in [2.24, 2.45) is 5.41 Å². The number of nitrogens with zero attached hydrogens (tertiary/aromatic N) is 3. The molecule has 2 aromatic heterocycles. The van der Waals surface area contributed by atoms with Crippen LogP contribution in [0.5, 0.6) is 0 Å². The number of hydrogen-bond donors (Lipinski definition) is 0. The summed E-state index contributed by atoms with van der Waals surface area (Å²) >= 11 is 0. The predicted molar refractivity (Wildman–Crippen MR) is 69.1 cm³/mol. The normalized spacial score (nSPS) is 24.6. The van der Waals surface area contributed by atoms with Crippen molar-refractivity contribution in [1.82, 2.24) is 14.5 Å². The minimum absolute atomic E-state index is 0.0683. The third-order valence-corrected chi connectivity index (χ3v) is 3.84. The lowest BCUT2D eigenvalue weighted by Crippen LogP contribution is -2.30. The number of carbonyl (C=O) groups is 1. The highest BCUT2D eigenvalue weighted by Gasteiger charge is 2.31. The van der Waals surface area contributed by atoms with Crippen LogP contribution in [0.1, 0.15) is 32.6 Å². The van der Waals surface area contributed by atoms with E-state index in [1.54, 1.807) is 6.20 Å². The molecule has 1 fully saturated rings. The van der Waals surface area contributed by atoms with Crippen LogP contribution in [0, 0.1) is 5.41 Å². The van der Waals surface area contributed by atoms with Crippen LogP contribution in [-0.2, 0) is 11.3 Å². The number of hydrogen-bond acceptors (Lipinski definition) is 3. The molecule has 0 amide bonds. The molecule has 0 radical (unpaired) electrons. The van der Waals surface area contributed by atoms with Crippen molar-refractivity contribution in [1.29, 1.82) is 0 Å². The van der Waals surface area contributed by atoms with E-state index in [-0.39, 0.29) is 5.41 Å². The van der Waals surface area contributed by atoms with Gasteiger partial charge in [0.25, 0.3) is 0 Å². The third-order valence-electron chi connectivity index (χ3n) is 3.84. The SMILES string of the molecule is CC1(Cn2cnc3ccncc32)CCCC(=O)C1. The molecule has 94 valence electrons. The molecule has 0 spiro atoms. The van der Waals surface area contributed by atoms with E-state index >= 15 is 0 Å². The molecule has 1 aliphatic rings. The summed E-state index contributed by atoms with van der Waals surface area (Å²) in [6.07, 6.45) is 9.02. The number of aromatic nitrogens is 3. The minimum atomic E-state index is 0.0683. The number of imidazole rings is 1. The maximum atomic E-state index is 11.6. The Morgan fingerprint density at radius 2 is 2.39 bits per heavy atom. The first kappa shape index (κ1) is 11.4. The standard InChI is InChI=1S/C14H17N3O/c1-14(5-2-3-11(18)7-14)9-17-10-16-12-4-6-15-8-13(12)17/h4,6,8,10H,2-3,5,7,9H2,1H3. The molecule has 1 aliphatic carbocycles. The van der Waals surface area contributed by atoms with E-state index in [4.69, 9.17) is 0 Å². The van der Waals surface area contributed by atoms with Gasteiger partial charge in [-0.25, -0.2) is 4.98 Å². The van der Waals surface area contributed by atoms with Gasteiger partial charge in [0.1, 0.15) is 5.78 Å². The van der Waals surface area contributed by atoms with Crippen molar-refractivity contribution in [2.75, 3.05) is 0 Å². The monoisotopic (exact) mass is 243 g/mol. The van der Waals surface area contributed by atoms with Gasteiger partial charge in [0.05, 0.1) is 23.6 Å². The Morgan fingerprint density at radius 1 is 1.50 bits per heavy atom. The molecule has 1 atom stereocenters. The Bertz CT molecular complexity index is 589. The Kier molecular flexibility index (Phi) is 2.65. The molecule has 4 heteroatoms. The number of pyridine rings is 1. The maximum absolute atomic E-state index is 11.6. The summed E-state index contributed by atoms with van der Waals surface area (Å²) in [7, 11) is 0. The van der Waals surface area contributed by atoms with Crippen LogP contribution in [0.3, 0.4) is 0 Å². The van der Waals surface area contributed by atoms with Gasteiger partial charge in [0.2, 0.25) is 0 Å². The van der Waals surface area contributed by atoms with E-state index < -0.39 is 0 Å². The van der Waals surface area contributed by atoms with Gasteiger partial charge in [0, 0.05) is 25.6 Å². The van der Waals surface area contributed by atoms with Gasteiger partial charge in [-0.2, -0.15) is 0 Å². The fourth-order valence-electron chi connectivity index (χ4n) is 2.94. The summed E-state index contributed by atoms with van der Waals surface area (Å²) in [4.78, 5) is 20.2. The topological polar surface area (TPSA) is 47.8 Å². The zero-order valence-electron chi connectivity index (χ0n) is 10.6. The average molecular weight is 243 g/mol. The van der Waals surface area contributed by atoms with Crippen molar-refractivity contribution in [3.8, 4) is 0 Å². The predicted octanol–water partition coefficient (Wildman–Crippen LogP) is 2.58. The largest absolute Gasteiger partial charge is 0.329 e. The highest BCUT2D eigenvalue weighted by molar-refractivity contribution is 5.80. The van der Waals surface area contributed by atoms with Crippen molar-refractivity contribution < 1.29 is 4.79 Å². The third kappa shape index (κ3) is 2.03. The van der Waals surface area contributed by atoms with Gasteiger partial charge < -0.3 is 4.57 Å². The van der Waals surface area contributed by atoms with E-state index in [0.717, 1.165) is 36.8 Å². The molecule has 0 saturated heterocycles. The lowest BCUT2D eigenvalue weighted by atomic mass is 9.75. The molecule has 0 aromatic carbocycles. The summed E-state index contributed by atoms with van der Waals surface area (Å²) in [6.45, 7) is 3.05. The molecule has 4 nitrogen and oxygen atoms in total.